The van der Waals surface area contributed by atoms with E-state index in [2.05, 4.69) is 22.9 Å². The Hall–Kier alpha value is -0.440. The van der Waals surface area contributed by atoms with Gasteiger partial charge in [0.1, 0.15) is 11.6 Å². The molecule has 0 aromatic heterocycles. The molecule has 1 unspecified atom stereocenters. The van der Waals surface area contributed by atoms with Gasteiger partial charge in [0, 0.05) is 10.4 Å². The van der Waals surface area contributed by atoms with Gasteiger partial charge < -0.3 is 0 Å². The van der Waals surface area contributed by atoms with Crippen LogP contribution in [0, 0.1) is 23.5 Å². The van der Waals surface area contributed by atoms with Gasteiger partial charge in [-0.3, -0.25) is 0 Å². The van der Waals surface area contributed by atoms with Crippen molar-refractivity contribution in [3.8, 4) is 0 Å². The molecule has 0 N–H and O–H groups in total. The van der Waals surface area contributed by atoms with Crippen molar-refractivity contribution in [1.29, 1.82) is 0 Å². The van der Waals surface area contributed by atoms with Crippen LogP contribution in [0.3, 0.4) is 0 Å². The summed E-state index contributed by atoms with van der Waals surface area (Å²) in [5.74, 6) is 0.438. The summed E-state index contributed by atoms with van der Waals surface area (Å²) in [5.41, 5.74) is 0.455. The third kappa shape index (κ3) is 2.22. The highest BCUT2D eigenvalue weighted by molar-refractivity contribution is 9.09. The monoisotopic (exact) mass is 274 g/mol. The normalized spacial score (nSPS) is 26.4. The number of alkyl halides is 1. The van der Waals surface area contributed by atoms with Crippen molar-refractivity contribution in [1.82, 2.24) is 0 Å². The Balaban J connectivity index is 2.18. The minimum Gasteiger partial charge on any atom is -0.207 e. The zero-order valence-electron chi connectivity index (χ0n) is 8.51. The van der Waals surface area contributed by atoms with Gasteiger partial charge in [0.25, 0.3) is 0 Å². The second-order valence-corrected chi connectivity index (χ2v) is 5.12. The largest absolute Gasteiger partial charge is 0.207 e. The van der Waals surface area contributed by atoms with Crippen LogP contribution in [0.15, 0.2) is 18.2 Å². The molecule has 1 aromatic rings. The van der Waals surface area contributed by atoms with Crippen LogP contribution >= 0.6 is 15.9 Å². The minimum atomic E-state index is -0.371. The van der Waals surface area contributed by atoms with Crippen LogP contribution < -0.4 is 0 Å². The first kappa shape index (κ1) is 11.1. The fraction of sp³-hybridized carbons (Fsp3) is 0.500. The van der Waals surface area contributed by atoms with Gasteiger partial charge in [0.15, 0.2) is 0 Å². The van der Waals surface area contributed by atoms with Crippen LogP contribution in [0.2, 0.25) is 0 Å². The second kappa shape index (κ2) is 4.20. The first-order valence-corrected chi connectivity index (χ1v) is 6.14. The predicted molar refractivity (Wildman–Crippen MR) is 59.9 cm³/mol. The van der Waals surface area contributed by atoms with Gasteiger partial charge in [-0.25, -0.2) is 8.78 Å². The molecular weight excluding hydrogens is 262 g/mol. The Morgan fingerprint density at radius 1 is 1.47 bits per heavy atom. The molecule has 0 aliphatic heterocycles. The van der Waals surface area contributed by atoms with Crippen molar-refractivity contribution in [2.24, 2.45) is 11.8 Å². The summed E-state index contributed by atoms with van der Waals surface area (Å²) < 4.78 is 26.4. The minimum absolute atomic E-state index is 0.0434. The van der Waals surface area contributed by atoms with Crippen molar-refractivity contribution in [3.05, 3.63) is 35.4 Å². The lowest BCUT2D eigenvalue weighted by Gasteiger charge is -2.10. The number of rotatable bonds is 3. The average molecular weight is 275 g/mol. The summed E-state index contributed by atoms with van der Waals surface area (Å²) in [7, 11) is 0. The number of hydrogen-bond acceptors (Lipinski definition) is 0. The van der Waals surface area contributed by atoms with Crippen LogP contribution in [0.5, 0.6) is 0 Å². The molecule has 15 heavy (non-hydrogen) atoms. The fourth-order valence-corrected chi connectivity index (χ4v) is 3.05. The number of benzene rings is 1. The molecule has 1 saturated carbocycles. The molecule has 1 fully saturated rings. The van der Waals surface area contributed by atoms with E-state index >= 15 is 0 Å². The van der Waals surface area contributed by atoms with Gasteiger partial charge in [-0.2, -0.15) is 0 Å². The van der Waals surface area contributed by atoms with Crippen molar-refractivity contribution >= 4 is 15.9 Å². The summed E-state index contributed by atoms with van der Waals surface area (Å²) in [6, 6.07) is 3.64. The smallest absolute Gasteiger partial charge is 0.127 e. The standard InChI is InChI=1S/C12H13BrF2/c1-2-7-5-9(7)12(13)10-6-8(14)3-4-11(10)15/h3-4,6-7,9,12H,2,5H2,1H3/t7-,9-,12?/m1/s1. The van der Waals surface area contributed by atoms with Gasteiger partial charge in [-0.05, 0) is 36.5 Å². The van der Waals surface area contributed by atoms with Crippen LogP contribution in [-0.2, 0) is 0 Å². The van der Waals surface area contributed by atoms with Gasteiger partial charge in [0.05, 0.1) is 0 Å². The van der Waals surface area contributed by atoms with Crippen LogP contribution in [0.1, 0.15) is 30.2 Å². The molecule has 1 aliphatic carbocycles. The van der Waals surface area contributed by atoms with E-state index in [9.17, 15) is 8.78 Å². The highest BCUT2D eigenvalue weighted by atomic mass is 79.9. The molecule has 82 valence electrons. The van der Waals surface area contributed by atoms with E-state index in [0.29, 0.717) is 17.4 Å². The maximum Gasteiger partial charge on any atom is 0.127 e. The maximum atomic E-state index is 13.4. The molecule has 3 heteroatoms. The molecule has 1 aromatic carbocycles. The molecule has 0 bridgehead atoms. The summed E-state index contributed by atoms with van der Waals surface area (Å²) >= 11 is 3.47. The second-order valence-electron chi connectivity index (χ2n) is 4.14. The average Bonchev–Trinajstić information content (AvgIpc) is 3.00. The Labute approximate surface area is 96.8 Å². The summed E-state index contributed by atoms with van der Waals surface area (Å²) in [6.45, 7) is 2.13. The molecular formula is C12H13BrF2. The van der Waals surface area contributed by atoms with E-state index in [1.807, 2.05) is 0 Å². The molecule has 0 spiro atoms. The van der Waals surface area contributed by atoms with Crippen LogP contribution in [0.4, 0.5) is 8.78 Å². The zero-order valence-corrected chi connectivity index (χ0v) is 10.1. The zero-order chi connectivity index (χ0) is 11.0. The first-order valence-electron chi connectivity index (χ1n) is 5.22. The molecule has 0 saturated heterocycles. The molecule has 0 nitrogen and oxygen atoms in total. The summed E-state index contributed by atoms with van der Waals surface area (Å²) in [6.07, 6.45) is 2.23. The Morgan fingerprint density at radius 2 is 2.20 bits per heavy atom. The maximum absolute atomic E-state index is 13.4. The molecule has 0 heterocycles. The fourth-order valence-electron chi connectivity index (χ4n) is 2.06. The first-order chi connectivity index (χ1) is 7.13. The number of hydrogen-bond donors (Lipinski definition) is 0. The van der Waals surface area contributed by atoms with Gasteiger partial charge >= 0.3 is 0 Å². The van der Waals surface area contributed by atoms with E-state index in [-0.39, 0.29) is 16.5 Å². The van der Waals surface area contributed by atoms with Crippen LogP contribution in [0.25, 0.3) is 0 Å². The van der Waals surface area contributed by atoms with Crippen molar-refractivity contribution in [3.63, 3.8) is 0 Å². The quantitative estimate of drug-likeness (QED) is 0.715. The Kier molecular flexibility index (Phi) is 3.10. The van der Waals surface area contributed by atoms with E-state index in [0.717, 1.165) is 18.9 Å². The lowest BCUT2D eigenvalue weighted by Crippen LogP contribution is -1.99. The van der Waals surface area contributed by atoms with Gasteiger partial charge in [-0.15, -0.1) is 0 Å². The Bertz CT molecular complexity index is 365. The molecule has 0 radical (unpaired) electrons. The summed E-state index contributed by atoms with van der Waals surface area (Å²) in [4.78, 5) is -0.0434. The summed E-state index contributed by atoms with van der Waals surface area (Å²) in [5, 5.41) is 0. The third-order valence-electron chi connectivity index (χ3n) is 3.13. The highest BCUT2D eigenvalue weighted by Gasteiger charge is 2.41. The van der Waals surface area contributed by atoms with E-state index in [1.165, 1.54) is 12.1 Å². The molecule has 3 atom stereocenters. The topological polar surface area (TPSA) is 0 Å². The van der Waals surface area contributed by atoms with E-state index in [1.54, 1.807) is 0 Å². The SMILES string of the molecule is CC[C@@H]1C[C@H]1C(Br)c1cc(F)ccc1F. The van der Waals surface area contributed by atoms with Gasteiger partial charge in [0.2, 0.25) is 0 Å². The lowest BCUT2D eigenvalue weighted by molar-refractivity contribution is 0.570. The van der Waals surface area contributed by atoms with E-state index < -0.39 is 0 Å². The van der Waals surface area contributed by atoms with E-state index in [4.69, 9.17) is 0 Å². The third-order valence-corrected chi connectivity index (χ3v) is 4.31. The molecule has 1 aliphatic rings. The van der Waals surface area contributed by atoms with Crippen molar-refractivity contribution in [2.75, 3.05) is 0 Å². The Morgan fingerprint density at radius 3 is 2.80 bits per heavy atom. The lowest BCUT2D eigenvalue weighted by atomic mass is 10.1. The molecule has 0 amide bonds. The van der Waals surface area contributed by atoms with Crippen molar-refractivity contribution < 1.29 is 8.78 Å². The van der Waals surface area contributed by atoms with Crippen molar-refractivity contribution in [2.45, 2.75) is 24.6 Å². The molecule has 2 rings (SSSR count). The highest BCUT2D eigenvalue weighted by Crippen LogP contribution is 2.53. The van der Waals surface area contributed by atoms with Gasteiger partial charge in [-0.1, -0.05) is 29.3 Å². The predicted octanol–water partition coefficient (Wildman–Crippen LogP) is 4.45. The number of halogens is 3. The van der Waals surface area contributed by atoms with Crippen LogP contribution in [-0.4, -0.2) is 0 Å².